The molecule has 1 saturated heterocycles. The van der Waals surface area contributed by atoms with Crippen molar-refractivity contribution >= 4 is 39.0 Å². The Morgan fingerprint density at radius 3 is 2.61 bits per heavy atom. The summed E-state index contributed by atoms with van der Waals surface area (Å²) in [5.74, 6) is -4.86. The lowest BCUT2D eigenvalue weighted by Crippen LogP contribution is -2.56. The third-order valence-corrected chi connectivity index (χ3v) is 7.44. The summed E-state index contributed by atoms with van der Waals surface area (Å²) >= 11 is 6.20. The fourth-order valence-corrected chi connectivity index (χ4v) is 5.74. The van der Waals surface area contributed by atoms with Gasteiger partial charge in [-0.1, -0.05) is 17.7 Å². The number of alkyl halides is 2. The van der Waals surface area contributed by atoms with E-state index in [-0.39, 0.29) is 39.9 Å². The number of pyridine rings is 1. The maximum atomic E-state index is 13.9. The van der Waals surface area contributed by atoms with E-state index in [1.165, 1.54) is 36.4 Å². The molecule has 3 aromatic rings. The van der Waals surface area contributed by atoms with Crippen molar-refractivity contribution in [2.45, 2.75) is 17.4 Å². The highest BCUT2D eigenvalue weighted by atomic mass is 35.5. The molecule has 1 N–H and O–H groups in total. The molecule has 36 heavy (non-hydrogen) atoms. The van der Waals surface area contributed by atoms with Crippen LogP contribution in [0, 0.1) is 5.95 Å². The van der Waals surface area contributed by atoms with E-state index in [0.29, 0.717) is 11.1 Å². The molecule has 1 aromatic heterocycles. The van der Waals surface area contributed by atoms with Crippen molar-refractivity contribution in [2.75, 3.05) is 29.8 Å². The van der Waals surface area contributed by atoms with Crippen LogP contribution in [0.4, 0.5) is 24.5 Å². The largest absolute Gasteiger partial charge is 0.494 e. The van der Waals surface area contributed by atoms with Crippen LogP contribution in [0.3, 0.4) is 0 Å². The van der Waals surface area contributed by atoms with Crippen LogP contribution in [0.15, 0.2) is 47.5 Å². The number of nitrogens with zero attached hydrogens (tertiary/aromatic N) is 2. The number of anilines is 2. The van der Waals surface area contributed by atoms with Crippen LogP contribution < -0.4 is 14.4 Å². The number of hydrogen-bond acceptors (Lipinski definition) is 7. The molecule has 13 heteroatoms. The number of esters is 1. The Kier molecular flexibility index (Phi) is 5.75. The van der Waals surface area contributed by atoms with E-state index in [0.717, 1.165) is 12.1 Å². The van der Waals surface area contributed by atoms with E-state index in [4.69, 9.17) is 21.1 Å². The van der Waals surface area contributed by atoms with Crippen LogP contribution in [0.25, 0.3) is 11.1 Å². The number of sulfonamides is 1. The molecule has 0 atom stereocenters. The molecule has 0 amide bonds. The van der Waals surface area contributed by atoms with E-state index in [9.17, 15) is 26.4 Å². The average Bonchev–Trinajstić information content (AvgIpc) is 2.80. The Labute approximate surface area is 208 Å². The van der Waals surface area contributed by atoms with Gasteiger partial charge in [-0.05, 0) is 29.8 Å². The summed E-state index contributed by atoms with van der Waals surface area (Å²) in [4.78, 5) is 17.3. The molecule has 4 bridgehead atoms. The van der Waals surface area contributed by atoms with E-state index < -0.39 is 45.8 Å². The normalized spacial score (nSPS) is 17.8. The molecule has 5 rings (SSSR count). The van der Waals surface area contributed by atoms with Gasteiger partial charge in [0.1, 0.15) is 11.5 Å². The standard InChI is InChI=1S/C23H17ClF3N3O5S/c1-34-21-16(24)4-13-6-19(21)36(32,33)29-17-5-12(2-3-18(17)30-10-23(26,27)11-30)15-8-28-20(25)7-14(15)9-35-22(13)31/h2-8,29H,9-11H2,1H3. The molecular formula is C23H17ClF3N3O5S. The number of rotatable bonds is 2. The van der Waals surface area contributed by atoms with Crippen LogP contribution >= 0.6 is 11.6 Å². The van der Waals surface area contributed by atoms with E-state index >= 15 is 0 Å². The van der Waals surface area contributed by atoms with Crippen molar-refractivity contribution in [3.05, 3.63) is 64.7 Å². The van der Waals surface area contributed by atoms with Gasteiger partial charge in [0, 0.05) is 23.4 Å². The third kappa shape index (κ3) is 4.30. The van der Waals surface area contributed by atoms with E-state index in [2.05, 4.69) is 9.71 Å². The van der Waals surface area contributed by atoms with E-state index in [1.807, 2.05) is 0 Å². The van der Waals surface area contributed by atoms with Crippen LogP contribution in [-0.4, -0.2) is 45.5 Å². The summed E-state index contributed by atoms with van der Waals surface area (Å²) in [6.45, 7) is -1.56. The minimum absolute atomic E-state index is 0.0201. The zero-order chi connectivity index (χ0) is 25.8. The Balaban J connectivity index is 1.74. The number of aromatic nitrogens is 1. The summed E-state index contributed by atoms with van der Waals surface area (Å²) in [6, 6.07) is 7.75. The fraction of sp³-hybridized carbons (Fsp3) is 0.217. The number of carbonyl (C=O) groups excluding carboxylic acids is 1. The fourth-order valence-electron chi connectivity index (χ4n) is 4.10. The summed E-state index contributed by atoms with van der Waals surface area (Å²) in [6.07, 6.45) is 1.21. The predicted octanol–water partition coefficient (Wildman–Crippen LogP) is 4.48. The first-order chi connectivity index (χ1) is 17.0. The quantitative estimate of drug-likeness (QED) is 0.379. The van der Waals surface area contributed by atoms with Crippen molar-refractivity contribution in [3.63, 3.8) is 0 Å². The number of benzene rings is 2. The molecule has 0 radical (unpaired) electrons. The first-order valence-electron chi connectivity index (χ1n) is 10.5. The molecule has 2 aliphatic heterocycles. The first-order valence-corrected chi connectivity index (χ1v) is 12.3. The lowest BCUT2D eigenvalue weighted by molar-refractivity contribution is -0.0261. The molecule has 3 heterocycles. The average molecular weight is 540 g/mol. The van der Waals surface area contributed by atoms with Gasteiger partial charge in [-0.2, -0.15) is 4.39 Å². The van der Waals surface area contributed by atoms with Gasteiger partial charge in [-0.3, -0.25) is 4.72 Å². The molecule has 2 aromatic carbocycles. The Bertz CT molecular complexity index is 1510. The maximum Gasteiger partial charge on any atom is 0.338 e. The molecule has 0 aliphatic carbocycles. The predicted molar refractivity (Wildman–Crippen MR) is 125 cm³/mol. The summed E-state index contributed by atoms with van der Waals surface area (Å²) in [5, 5.41) is -0.172. The Morgan fingerprint density at radius 2 is 1.92 bits per heavy atom. The number of carbonyl (C=O) groups is 1. The summed E-state index contributed by atoms with van der Waals surface area (Å²) in [5.41, 5.74) is 0.990. The van der Waals surface area contributed by atoms with Gasteiger partial charge >= 0.3 is 5.97 Å². The van der Waals surface area contributed by atoms with Gasteiger partial charge in [0.25, 0.3) is 15.9 Å². The Morgan fingerprint density at radius 1 is 1.17 bits per heavy atom. The van der Waals surface area contributed by atoms with Crippen LogP contribution in [0.2, 0.25) is 5.02 Å². The lowest BCUT2D eigenvalue weighted by atomic mass is 10.00. The molecular weight excluding hydrogens is 523 g/mol. The second-order valence-electron chi connectivity index (χ2n) is 8.28. The van der Waals surface area contributed by atoms with Crippen LogP contribution in [-0.2, 0) is 21.4 Å². The molecule has 188 valence electrons. The van der Waals surface area contributed by atoms with E-state index in [1.54, 1.807) is 6.07 Å². The molecule has 0 saturated carbocycles. The lowest BCUT2D eigenvalue weighted by Gasteiger charge is -2.41. The van der Waals surface area contributed by atoms with Gasteiger partial charge in [0.05, 0.1) is 42.2 Å². The van der Waals surface area contributed by atoms with Crippen molar-refractivity contribution < 1.29 is 35.9 Å². The maximum absolute atomic E-state index is 13.9. The van der Waals surface area contributed by atoms with Gasteiger partial charge in [-0.15, -0.1) is 0 Å². The van der Waals surface area contributed by atoms with Gasteiger partial charge < -0.3 is 14.4 Å². The van der Waals surface area contributed by atoms with Gasteiger partial charge in [-0.25, -0.2) is 27.0 Å². The second kappa shape index (κ2) is 8.56. The highest BCUT2D eigenvalue weighted by Crippen LogP contribution is 2.41. The monoisotopic (exact) mass is 539 g/mol. The number of hydrogen-bond donors (Lipinski definition) is 1. The van der Waals surface area contributed by atoms with Crippen LogP contribution in [0.1, 0.15) is 15.9 Å². The molecule has 0 unspecified atom stereocenters. The van der Waals surface area contributed by atoms with Crippen molar-refractivity contribution in [3.8, 4) is 16.9 Å². The first kappa shape index (κ1) is 24.2. The smallest absolute Gasteiger partial charge is 0.338 e. The number of methoxy groups -OCH3 is 1. The van der Waals surface area contributed by atoms with Crippen molar-refractivity contribution in [1.29, 1.82) is 0 Å². The number of fused-ring (bicyclic) bond motifs is 6. The minimum Gasteiger partial charge on any atom is -0.494 e. The Hall–Kier alpha value is -3.51. The zero-order valence-corrected chi connectivity index (χ0v) is 20.1. The molecule has 1 fully saturated rings. The van der Waals surface area contributed by atoms with Crippen molar-refractivity contribution in [2.24, 2.45) is 0 Å². The number of nitrogens with one attached hydrogen (secondary N) is 1. The minimum atomic E-state index is -4.46. The van der Waals surface area contributed by atoms with Gasteiger partial charge in [0.2, 0.25) is 5.95 Å². The number of ether oxygens (including phenoxy) is 2. The molecule has 8 nitrogen and oxygen atoms in total. The SMILES string of the molecule is COc1c(Cl)cc2cc1S(=O)(=O)Nc1cc(ccc1N1CC(F)(F)C1)-c1cnc(F)cc1COC2=O. The number of halogens is 4. The summed E-state index contributed by atoms with van der Waals surface area (Å²) < 4.78 is 81.0. The topological polar surface area (TPSA) is 97.8 Å². The van der Waals surface area contributed by atoms with Crippen molar-refractivity contribution in [1.82, 2.24) is 4.98 Å². The highest BCUT2D eigenvalue weighted by Gasteiger charge is 2.45. The number of cyclic esters (lactones) is 1. The highest BCUT2D eigenvalue weighted by molar-refractivity contribution is 7.92. The third-order valence-electron chi connectivity index (χ3n) is 5.79. The van der Waals surface area contributed by atoms with Crippen LogP contribution in [0.5, 0.6) is 5.75 Å². The second-order valence-corrected chi connectivity index (χ2v) is 10.3. The zero-order valence-electron chi connectivity index (χ0n) is 18.5. The molecule has 0 spiro atoms. The molecule has 2 aliphatic rings. The summed E-state index contributed by atoms with van der Waals surface area (Å²) in [7, 11) is -3.25. The van der Waals surface area contributed by atoms with Gasteiger partial charge in [0.15, 0.2) is 5.75 Å².